The summed E-state index contributed by atoms with van der Waals surface area (Å²) in [6.07, 6.45) is 1.32. The van der Waals surface area contributed by atoms with Gasteiger partial charge in [0.15, 0.2) is 34.2 Å². The number of nitrogens with zero attached hydrogens (tertiary/aromatic N) is 2. The average Bonchev–Trinajstić information content (AvgIpc) is 3.14. The summed E-state index contributed by atoms with van der Waals surface area (Å²) in [5.41, 5.74) is 0.0271. The molecule has 146 valence electrons. The van der Waals surface area contributed by atoms with Crippen LogP contribution in [-0.2, 0) is 13.1 Å². The second-order valence-electron chi connectivity index (χ2n) is 5.74. The van der Waals surface area contributed by atoms with E-state index in [9.17, 15) is 22.0 Å². The molecule has 3 rings (SSSR count). The minimum atomic E-state index is -2.20. The molecule has 0 spiro atoms. The summed E-state index contributed by atoms with van der Waals surface area (Å²) in [5, 5.41) is 9.95. The van der Waals surface area contributed by atoms with Gasteiger partial charge in [-0.05, 0) is 17.8 Å². The van der Waals surface area contributed by atoms with E-state index in [0.29, 0.717) is 6.54 Å². The molecule has 3 aromatic rings. The second-order valence-corrected chi connectivity index (χ2v) is 6.15. The molecule has 1 heterocycles. The molecule has 0 radical (unpaired) electrons. The standard InChI is InChI=1S/C18H13F5N4S/c19-13-11(14(20)16(22)17(23)15(13)21)9-27-7-6-12(26-27)25-18(28)24-8-10-4-2-1-3-5-10/h1-7H,8-9H2,(H2,24,25,26,28). The van der Waals surface area contributed by atoms with Gasteiger partial charge in [-0.15, -0.1) is 0 Å². The van der Waals surface area contributed by atoms with E-state index in [1.54, 1.807) is 0 Å². The van der Waals surface area contributed by atoms with Crippen LogP contribution in [0.25, 0.3) is 0 Å². The van der Waals surface area contributed by atoms with Gasteiger partial charge in [0.25, 0.3) is 0 Å². The molecule has 2 N–H and O–H groups in total. The fourth-order valence-electron chi connectivity index (χ4n) is 2.41. The van der Waals surface area contributed by atoms with Gasteiger partial charge in [0.1, 0.15) is 0 Å². The lowest BCUT2D eigenvalue weighted by Crippen LogP contribution is -2.28. The first-order chi connectivity index (χ1) is 13.4. The van der Waals surface area contributed by atoms with Gasteiger partial charge in [0.2, 0.25) is 5.82 Å². The molecule has 0 bridgehead atoms. The summed E-state index contributed by atoms with van der Waals surface area (Å²) in [6.45, 7) is -0.171. The number of benzene rings is 2. The normalized spacial score (nSPS) is 10.8. The first-order valence-corrected chi connectivity index (χ1v) is 8.40. The van der Waals surface area contributed by atoms with Crippen LogP contribution in [0.4, 0.5) is 27.8 Å². The van der Waals surface area contributed by atoms with Crippen molar-refractivity contribution >= 4 is 23.1 Å². The van der Waals surface area contributed by atoms with Gasteiger partial charge in [-0.1, -0.05) is 30.3 Å². The van der Waals surface area contributed by atoms with E-state index >= 15 is 0 Å². The Morgan fingerprint density at radius 1 is 0.893 bits per heavy atom. The topological polar surface area (TPSA) is 41.9 Å². The van der Waals surface area contributed by atoms with Gasteiger partial charge in [-0.25, -0.2) is 22.0 Å². The third-order valence-electron chi connectivity index (χ3n) is 3.80. The number of nitrogens with one attached hydrogen (secondary N) is 2. The second kappa shape index (κ2) is 8.34. The van der Waals surface area contributed by atoms with E-state index in [1.807, 2.05) is 30.3 Å². The molecule has 0 fully saturated rings. The zero-order valence-corrected chi connectivity index (χ0v) is 15.0. The molecular weight excluding hydrogens is 399 g/mol. The van der Waals surface area contributed by atoms with E-state index in [1.165, 1.54) is 12.3 Å². The van der Waals surface area contributed by atoms with Gasteiger partial charge < -0.3 is 10.6 Å². The summed E-state index contributed by atoms with van der Waals surface area (Å²) in [4.78, 5) is 0. The minimum absolute atomic E-state index is 0.245. The van der Waals surface area contributed by atoms with Gasteiger partial charge in [0.05, 0.1) is 12.1 Å². The Kier molecular flexibility index (Phi) is 5.88. The van der Waals surface area contributed by atoms with Crippen LogP contribution < -0.4 is 10.6 Å². The maximum absolute atomic E-state index is 13.8. The predicted molar refractivity (Wildman–Crippen MR) is 97.1 cm³/mol. The highest BCUT2D eigenvalue weighted by Gasteiger charge is 2.25. The van der Waals surface area contributed by atoms with E-state index in [4.69, 9.17) is 12.2 Å². The smallest absolute Gasteiger partial charge is 0.200 e. The van der Waals surface area contributed by atoms with Crippen LogP contribution in [0.2, 0.25) is 0 Å². The largest absolute Gasteiger partial charge is 0.358 e. The first kappa shape index (κ1) is 19.7. The maximum atomic E-state index is 13.8. The molecule has 28 heavy (non-hydrogen) atoms. The molecular formula is C18H13F5N4S. The van der Waals surface area contributed by atoms with Crippen LogP contribution >= 0.6 is 12.2 Å². The molecule has 0 amide bonds. The molecule has 1 aromatic heterocycles. The molecule has 0 saturated carbocycles. The fourth-order valence-corrected chi connectivity index (χ4v) is 2.58. The molecule has 4 nitrogen and oxygen atoms in total. The Morgan fingerprint density at radius 2 is 1.50 bits per heavy atom. The zero-order chi connectivity index (χ0) is 20.3. The number of halogens is 5. The lowest BCUT2D eigenvalue weighted by atomic mass is 10.1. The number of rotatable bonds is 5. The number of hydrogen-bond donors (Lipinski definition) is 2. The number of anilines is 1. The van der Waals surface area contributed by atoms with E-state index in [-0.39, 0.29) is 10.9 Å². The van der Waals surface area contributed by atoms with Crippen LogP contribution in [0.1, 0.15) is 11.1 Å². The predicted octanol–water partition coefficient (Wildman–Crippen LogP) is 4.11. The lowest BCUT2D eigenvalue weighted by Gasteiger charge is -2.09. The van der Waals surface area contributed by atoms with Gasteiger partial charge in [-0.2, -0.15) is 5.10 Å². The SMILES string of the molecule is Fc1c(F)c(F)c(Cn2ccc(NC(=S)NCc3ccccc3)n2)c(F)c1F. The summed E-state index contributed by atoms with van der Waals surface area (Å²) >= 11 is 5.13. The Balaban J connectivity index is 1.66. The number of hydrogen-bond acceptors (Lipinski definition) is 2. The average molecular weight is 412 g/mol. The van der Waals surface area contributed by atoms with Crippen LogP contribution in [0, 0.1) is 29.1 Å². The van der Waals surface area contributed by atoms with E-state index in [2.05, 4.69) is 15.7 Å². The summed E-state index contributed by atoms with van der Waals surface area (Å²) in [5.74, 6) is -9.72. The fraction of sp³-hybridized carbons (Fsp3) is 0.111. The third-order valence-corrected chi connectivity index (χ3v) is 4.05. The van der Waals surface area contributed by atoms with Crippen molar-refractivity contribution in [2.45, 2.75) is 13.1 Å². The highest BCUT2D eigenvalue weighted by Crippen LogP contribution is 2.23. The molecule has 0 atom stereocenters. The third kappa shape index (κ3) is 4.28. The van der Waals surface area contributed by atoms with Crippen LogP contribution in [-0.4, -0.2) is 14.9 Å². The van der Waals surface area contributed by atoms with Crippen molar-refractivity contribution < 1.29 is 22.0 Å². The zero-order valence-electron chi connectivity index (χ0n) is 14.1. The van der Waals surface area contributed by atoms with Crippen molar-refractivity contribution in [3.63, 3.8) is 0 Å². The number of aromatic nitrogens is 2. The monoisotopic (exact) mass is 412 g/mol. The highest BCUT2D eigenvalue weighted by molar-refractivity contribution is 7.80. The Labute approximate surface area is 162 Å². The first-order valence-electron chi connectivity index (χ1n) is 7.99. The van der Waals surface area contributed by atoms with Crippen LogP contribution in [0.15, 0.2) is 42.6 Å². The summed E-state index contributed by atoms with van der Waals surface area (Å²) < 4.78 is 68.2. The summed E-state index contributed by atoms with van der Waals surface area (Å²) in [7, 11) is 0. The van der Waals surface area contributed by atoms with Crippen LogP contribution in [0.5, 0.6) is 0 Å². The van der Waals surface area contributed by atoms with Crippen molar-refractivity contribution in [1.82, 2.24) is 15.1 Å². The molecule has 2 aromatic carbocycles. The van der Waals surface area contributed by atoms with Crippen molar-refractivity contribution in [3.05, 3.63) is 82.8 Å². The molecule has 10 heteroatoms. The Morgan fingerprint density at radius 3 is 2.14 bits per heavy atom. The maximum Gasteiger partial charge on any atom is 0.200 e. The quantitative estimate of drug-likeness (QED) is 0.286. The summed E-state index contributed by atoms with van der Waals surface area (Å²) in [6, 6.07) is 10.9. The van der Waals surface area contributed by atoms with Gasteiger partial charge in [-0.3, -0.25) is 4.68 Å². The van der Waals surface area contributed by atoms with Crippen molar-refractivity contribution in [1.29, 1.82) is 0 Å². The van der Waals surface area contributed by atoms with Crippen LogP contribution in [0.3, 0.4) is 0 Å². The van der Waals surface area contributed by atoms with Crippen molar-refractivity contribution in [3.8, 4) is 0 Å². The molecule has 0 aliphatic heterocycles. The molecule has 0 unspecified atom stereocenters. The Bertz CT molecular complexity index is 978. The molecule has 0 aliphatic carbocycles. The van der Waals surface area contributed by atoms with Gasteiger partial charge >= 0.3 is 0 Å². The minimum Gasteiger partial charge on any atom is -0.358 e. The molecule has 0 saturated heterocycles. The van der Waals surface area contributed by atoms with E-state index < -0.39 is 41.2 Å². The van der Waals surface area contributed by atoms with E-state index in [0.717, 1.165) is 10.2 Å². The Hall–Kier alpha value is -3.01. The highest BCUT2D eigenvalue weighted by atomic mass is 32.1. The molecule has 0 aliphatic rings. The lowest BCUT2D eigenvalue weighted by molar-refractivity contribution is 0.367. The number of thiocarbonyl (C=S) groups is 1. The van der Waals surface area contributed by atoms with Crippen molar-refractivity contribution in [2.75, 3.05) is 5.32 Å². The van der Waals surface area contributed by atoms with Crippen molar-refractivity contribution in [2.24, 2.45) is 0 Å². The van der Waals surface area contributed by atoms with Gasteiger partial charge in [0, 0.05) is 18.8 Å².